The van der Waals surface area contributed by atoms with Crippen LogP contribution in [0.2, 0.25) is 5.02 Å². The van der Waals surface area contributed by atoms with Crippen LogP contribution in [0.25, 0.3) is 5.57 Å². The Morgan fingerprint density at radius 1 is 0.788 bits per heavy atom. The molecule has 0 fully saturated rings. The maximum Gasteiger partial charge on any atom is 0.199 e. The number of nitrogens with zero attached hydrogens (tertiary/aromatic N) is 3. The topological polar surface area (TPSA) is 9.49 Å². The molecule has 2 aromatic carbocycles. The number of anilines is 2. The lowest BCUT2D eigenvalue weighted by Gasteiger charge is -2.22. The zero-order chi connectivity index (χ0) is 24.0. The van der Waals surface area contributed by atoms with Gasteiger partial charge in [-0.2, -0.15) is 0 Å². The SMILES string of the molecule is CCN(CC)c1ccc(C(=C2C=CC(=[N+](CC)CC)C=C2)c2ccc(N(C)C)cc2Cl)cc1. The van der Waals surface area contributed by atoms with Crippen LogP contribution in [0, 0.1) is 0 Å². The lowest BCUT2D eigenvalue weighted by Crippen LogP contribution is -2.21. The first-order valence-electron chi connectivity index (χ1n) is 12.0. The van der Waals surface area contributed by atoms with E-state index >= 15 is 0 Å². The molecule has 0 saturated carbocycles. The van der Waals surface area contributed by atoms with Crippen LogP contribution in [0.1, 0.15) is 38.8 Å². The first-order chi connectivity index (χ1) is 15.9. The van der Waals surface area contributed by atoms with Gasteiger partial charge in [0.1, 0.15) is 13.1 Å². The van der Waals surface area contributed by atoms with Gasteiger partial charge in [0.05, 0.1) is 5.02 Å². The minimum Gasteiger partial charge on any atom is -0.378 e. The first kappa shape index (κ1) is 24.9. The van der Waals surface area contributed by atoms with E-state index in [-0.39, 0.29) is 0 Å². The van der Waals surface area contributed by atoms with E-state index in [1.807, 2.05) is 20.2 Å². The molecule has 0 radical (unpaired) electrons. The van der Waals surface area contributed by atoms with Crippen LogP contribution in [0.5, 0.6) is 0 Å². The molecule has 174 valence electrons. The first-order valence-corrected chi connectivity index (χ1v) is 12.4. The number of halogens is 1. The van der Waals surface area contributed by atoms with Gasteiger partial charge in [-0.1, -0.05) is 29.8 Å². The quantitative estimate of drug-likeness (QED) is 0.405. The van der Waals surface area contributed by atoms with Crippen molar-refractivity contribution >= 4 is 34.3 Å². The fraction of sp³-hybridized carbons (Fsp3) is 0.345. The van der Waals surface area contributed by atoms with Crippen molar-refractivity contribution in [1.82, 2.24) is 0 Å². The molecule has 1 aliphatic carbocycles. The van der Waals surface area contributed by atoms with E-state index in [9.17, 15) is 0 Å². The summed E-state index contributed by atoms with van der Waals surface area (Å²) in [5.41, 5.74) is 8.12. The molecule has 0 aromatic heterocycles. The van der Waals surface area contributed by atoms with E-state index in [0.29, 0.717) is 0 Å². The van der Waals surface area contributed by atoms with Gasteiger partial charge in [0.2, 0.25) is 0 Å². The molecule has 4 heteroatoms. The van der Waals surface area contributed by atoms with E-state index in [4.69, 9.17) is 11.6 Å². The maximum absolute atomic E-state index is 6.86. The maximum atomic E-state index is 6.86. The van der Waals surface area contributed by atoms with Crippen LogP contribution in [0.4, 0.5) is 11.4 Å². The van der Waals surface area contributed by atoms with Crippen molar-refractivity contribution in [2.45, 2.75) is 27.7 Å². The second-order valence-corrected chi connectivity index (χ2v) is 8.78. The number of hydrogen-bond acceptors (Lipinski definition) is 2. The normalized spacial score (nSPS) is 12.8. The standard InChI is InChI=1S/C29H37ClN3/c1-7-32(8-2)24-15-11-22(12-16-24)29(27-20-19-26(31(5)6)21-28(27)30)23-13-17-25(18-14-23)33(9-3)10-4/h11-21H,7-10H2,1-6H3/q+1. The van der Waals surface area contributed by atoms with E-state index in [1.165, 1.54) is 22.5 Å². The molecule has 1 aliphatic rings. The summed E-state index contributed by atoms with van der Waals surface area (Å²) in [5, 5.41) is 0.761. The van der Waals surface area contributed by atoms with E-state index in [0.717, 1.165) is 48.0 Å². The van der Waals surface area contributed by atoms with Crippen LogP contribution in [0.3, 0.4) is 0 Å². The number of rotatable bonds is 8. The largest absolute Gasteiger partial charge is 0.378 e. The fourth-order valence-corrected chi connectivity index (χ4v) is 4.59. The third-order valence-electron chi connectivity index (χ3n) is 6.31. The number of benzene rings is 2. The van der Waals surface area contributed by atoms with Crippen molar-refractivity contribution in [2.24, 2.45) is 0 Å². The summed E-state index contributed by atoms with van der Waals surface area (Å²) >= 11 is 6.86. The van der Waals surface area contributed by atoms with Crippen molar-refractivity contribution < 1.29 is 4.58 Å². The zero-order valence-corrected chi connectivity index (χ0v) is 21.7. The van der Waals surface area contributed by atoms with Gasteiger partial charge in [-0.25, -0.2) is 4.58 Å². The molecule has 0 amide bonds. The Kier molecular flexibility index (Phi) is 8.57. The molecule has 0 unspecified atom stereocenters. The third-order valence-corrected chi connectivity index (χ3v) is 6.62. The highest BCUT2D eigenvalue weighted by atomic mass is 35.5. The number of hydrogen-bond donors (Lipinski definition) is 0. The zero-order valence-electron chi connectivity index (χ0n) is 20.9. The highest BCUT2D eigenvalue weighted by Gasteiger charge is 2.17. The van der Waals surface area contributed by atoms with Crippen LogP contribution in [0.15, 0.2) is 72.3 Å². The molecule has 3 nitrogen and oxygen atoms in total. The second kappa shape index (κ2) is 11.4. The summed E-state index contributed by atoms with van der Waals surface area (Å²) in [7, 11) is 4.07. The smallest absolute Gasteiger partial charge is 0.199 e. The van der Waals surface area contributed by atoms with Crippen molar-refractivity contribution in [3.05, 3.63) is 88.5 Å². The van der Waals surface area contributed by atoms with Crippen molar-refractivity contribution in [3.63, 3.8) is 0 Å². The van der Waals surface area contributed by atoms with Gasteiger partial charge < -0.3 is 9.80 Å². The predicted octanol–water partition coefficient (Wildman–Crippen LogP) is 6.67. The average molecular weight is 463 g/mol. The highest BCUT2D eigenvalue weighted by molar-refractivity contribution is 6.33. The predicted molar refractivity (Wildman–Crippen MR) is 146 cm³/mol. The number of allylic oxidation sites excluding steroid dienone is 5. The van der Waals surface area contributed by atoms with Crippen LogP contribution >= 0.6 is 11.6 Å². The van der Waals surface area contributed by atoms with E-state index in [1.54, 1.807) is 0 Å². The lowest BCUT2D eigenvalue weighted by atomic mass is 9.90. The molecule has 0 spiro atoms. The molecule has 0 N–H and O–H groups in total. The average Bonchev–Trinajstić information content (AvgIpc) is 2.83. The fourth-order valence-electron chi connectivity index (χ4n) is 4.32. The minimum atomic E-state index is 0.761. The Labute approximate surface area is 205 Å². The molecule has 0 aliphatic heterocycles. The van der Waals surface area contributed by atoms with Gasteiger partial charge >= 0.3 is 0 Å². The molecule has 0 saturated heterocycles. The van der Waals surface area contributed by atoms with Crippen LogP contribution in [-0.4, -0.2) is 50.6 Å². The van der Waals surface area contributed by atoms with Gasteiger partial charge in [-0.3, -0.25) is 0 Å². The lowest BCUT2D eigenvalue weighted by molar-refractivity contribution is -0.519. The third kappa shape index (κ3) is 5.59. The van der Waals surface area contributed by atoms with Crippen molar-refractivity contribution in [1.29, 1.82) is 0 Å². The van der Waals surface area contributed by atoms with Gasteiger partial charge in [0, 0.05) is 56.3 Å². The monoisotopic (exact) mass is 462 g/mol. The molecular weight excluding hydrogens is 426 g/mol. The van der Waals surface area contributed by atoms with Gasteiger partial charge in [-0.05, 0) is 80.8 Å². The Hall–Kier alpha value is -2.78. The molecule has 0 bridgehead atoms. The van der Waals surface area contributed by atoms with Crippen molar-refractivity contribution in [3.8, 4) is 0 Å². The van der Waals surface area contributed by atoms with Gasteiger partial charge in [0.25, 0.3) is 0 Å². The van der Waals surface area contributed by atoms with Gasteiger partial charge in [-0.15, -0.1) is 0 Å². The molecule has 2 aromatic rings. The summed E-state index contributed by atoms with van der Waals surface area (Å²) in [6.07, 6.45) is 8.87. The molecule has 3 rings (SSSR count). The minimum absolute atomic E-state index is 0.761. The summed E-state index contributed by atoms with van der Waals surface area (Å²) < 4.78 is 2.36. The Morgan fingerprint density at radius 2 is 1.36 bits per heavy atom. The second-order valence-electron chi connectivity index (χ2n) is 8.37. The Morgan fingerprint density at radius 3 is 1.85 bits per heavy atom. The van der Waals surface area contributed by atoms with Crippen LogP contribution in [-0.2, 0) is 0 Å². The molecule has 0 atom stereocenters. The summed E-state index contributed by atoms with van der Waals surface area (Å²) in [6, 6.07) is 15.2. The summed E-state index contributed by atoms with van der Waals surface area (Å²) in [6.45, 7) is 12.8. The molecule has 0 heterocycles. The van der Waals surface area contributed by atoms with Crippen molar-refractivity contribution in [2.75, 3.05) is 50.1 Å². The van der Waals surface area contributed by atoms with Gasteiger partial charge in [0.15, 0.2) is 5.71 Å². The highest BCUT2D eigenvalue weighted by Crippen LogP contribution is 2.36. The van der Waals surface area contributed by atoms with E-state index < -0.39 is 0 Å². The summed E-state index contributed by atoms with van der Waals surface area (Å²) in [5.74, 6) is 0. The Bertz CT molecular complexity index is 1060. The molecule has 33 heavy (non-hydrogen) atoms. The van der Waals surface area contributed by atoms with Crippen LogP contribution < -0.4 is 9.80 Å². The summed E-state index contributed by atoms with van der Waals surface area (Å²) in [4.78, 5) is 4.44. The Balaban J connectivity index is 2.15. The van der Waals surface area contributed by atoms with E-state index in [2.05, 4.69) is 103 Å². The molecular formula is C29H37ClN3+.